The molecule has 1 aromatic heterocycles. The molecule has 0 bridgehead atoms. The molecular formula is C17H20N4O3S. The first kappa shape index (κ1) is 17.4. The number of pyridine rings is 1. The van der Waals surface area contributed by atoms with Crippen molar-refractivity contribution in [3.63, 3.8) is 0 Å². The van der Waals surface area contributed by atoms with Crippen molar-refractivity contribution < 1.29 is 13.2 Å². The Labute approximate surface area is 147 Å². The molecule has 2 aromatic rings. The van der Waals surface area contributed by atoms with Crippen LogP contribution in [0.3, 0.4) is 0 Å². The maximum absolute atomic E-state index is 12.6. The van der Waals surface area contributed by atoms with E-state index in [0.717, 1.165) is 5.56 Å². The van der Waals surface area contributed by atoms with Gasteiger partial charge in [-0.1, -0.05) is 30.3 Å². The van der Waals surface area contributed by atoms with Crippen LogP contribution < -0.4 is 10.6 Å². The van der Waals surface area contributed by atoms with Crippen LogP contribution in [0.25, 0.3) is 0 Å². The van der Waals surface area contributed by atoms with Crippen LogP contribution in [-0.4, -0.2) is 49.8 Å². The van der Waals surface area contributed by atoms with Gasteiger partial charge < -0.3 is 10.6 Å². The number of aromatic nitrogens is 1. The molecule has 2 heterocycles. The van der Waals surface area contributed by atoms with Crippen LogP contribution in [0.15, 0.2) is 48.7 Å². The third kappa shape index (κ3) is 3.97. The van der Waals surface area contributed by atoms with Gasteiger partial charge in [0.2, 0.25) is 10.0 Å². The fraction of sp³-hybridized carbons (Fsp3) is 0.294. The summed E-state index contributed by atoms with van der Waals surface area (Å²) < 4.78 is 26.7. The van der Waals surface area contributed by atoms with E-state index in [0.29, 0.717) is 37.6 Å². The largest absolute Gasteiger partial charge is 0.365 e. The van der Waals surface area contributed by atoms with Gasteiger partial charge in [0.15, 0.2) is 0 Å². The lowest BCUT2D eigenvalue weighted by Crippen LogP contribution is -2.49. The molecule has 1 aliphatic rings. The minimum absolute atomic E-state index is 0.00996. The molecule has 8 heteroatoms. The highest BCUT2D eigenvalue weighted by atomic mass is 32.2. The normalized spacial score (nSPS) is 15.9. The number of rotatable bonds is 5. The Bertz CT molecular complexity index is 847. The van der Waals surface area contributed by atoms with Crippen molar-refractivity contribution in [1.29, 1.82) is 0 Å². The summed E-state index contributed by atoms with van der Waals surface area (Å²) in [5.74, 6) is -0.0402. The monoisotopic (exact) mass is 360 g/mol. The Kier molecular flexibility index (Phi) is 5.00. The van der Waals surface area contributed by atoms with Crippen molar-refractivity contribution in [1.82, 2.24) is 9.29 Å². The molecule has 3 rings (SSSR count). The molecule has 0 saturated carbocycles. The Morgan fingerprint density at radius 1 is 1.04 bits per heavy atom. The minimum Gasteiger partial charge on any atom is -0.365 e. The van der Waals surface area contributed by atoms with E-state index in [1.807, 2.05) is 23.1 Å². The van der Waals surface area contributed by atoms with E-state index in [1.165, 1.54) is 4.31 Å². The number of anilines is 1. The maximum Gasteiger partial charge on any atom is 0.252 e. The molecule has 1 saturated heterocycles. The van der Waals surface area contributed by atoms with Gasteiger partial charge >= 0.3 is 0 Å². The Hall–Kier alpha value is -2.45. The quantitative estimate of drug-likeness (QED) is 0.852. The van der Waals surface area contributed by atoms with E-state index in [-0.39, 0.29) is 5.75 Å². The number of nitrogens with two attached hydrogens (primary N) is 1. The molecule has 0 spiro atoms. The highest BCUT2D eigenvalue weighted by Gasteiger charge is 2.28. The zero-order valence-electron chi connectivity index (χ0n) is 13.7. The molecule has 1 aliphatic heterocycles. The second-order valence-electron chi connectivity index (χ2n) is 5.87. The zero-order valence-corrected chi connectivity index (χ0v) is 14.5. The van der Waals surface area contributed by atoms with Crippen molar-refractivity contribution in [2.45, 2.75) is 5.75 Å². The van der Waals surface area contributed by atoms with Crippen LogP contribution >= 0.6 is 0 Å². The van der Waals surface area contributed by atoms with E-state index < -0.39 is 15.9 Å². The number of carbonyl (C=O) groups excluding carboxylic acids is 1. The zero-order chi connectivity index (χ0) is 17.9. The first-order valence-electron chi connectivity index (χ1n) is 7.99. The summed E-state index contributed by atoms with van der Waals surface area (Å²) in [5.41, 5.74) is 6.51. The molecule has 7 nitrogen and oxygen atoms in total. The number of hydrogen-bond acceptors (Lipinski definition) is 5. The maximum atomic E-state index is 12.6. The van der Waals surface area contributed by atoms with Gasteiger partial charge in [-0.05, 0) is 17.7 Å². The minimum atomic E-state index is -3.37. The Morgan fingerprint density at radius 3 is 2.36 bits per heavy atom. The van der Waals surface area contributed by atoms with Crippen LogP contribution in [0.2, 0.25) is 0 Å². The van der Waals surface area contributed by atoms with Crippen molar-refractivity contribution in [2.75, 3.05) is 31.1 Å². The SMILES string of the molecule is NC(=O)c1cccnc1N1CCN(S(=O)(=O)Cc2ccccc2)CC1. The summed E-state index contributed by atoms with van der Waals surface area (Å²) >= 11 is 0. The standard InChI is InChI=1S/C17H20N4O3S/c18-16(22)15-7-4-8-19-17(15)20-9-11-21(12-10-20)25(23,24)13-14-5-2-1-3-6-14/h1-8H,9-13H2,(H2,18,22). The number of primary amides is 1. The summed E-state index contributed by atoms with van der Waals surface area (Å²) in [6.45, 7) is 1.63. The highest BCUT2D eigenvalue weighted by Crippen LogP contribution is 2.20. The van der Waals surface area contributed by atoms with Crippen molar-refractivity contribution in [3.05, 3.63) is 59.8 Å². The third-order valence-corrected chi connectivity index (χ3v) is 6.03. The third-order valence-electron chi connectivity index (χ3n) is 4.18. The number of amides is 1. The van der Waals surface area contributed by atoms with Crippen LogP contribution in [0.1, 0.15) is 15.9 Å². The lowest BCUT2D eigenvalue weighted by Gasteiger charge is -2.35. The Morgan fingerprint density at radius 2 is 1.72 bits per heavy atom. The molecule has 0 atom stereocenters. The number of hydrogen-bond donors (Lipinski definition) is 1. The van der Waals surface area contributed by atoms with Gasteiger partial charge in [0, 0.05) is 32.4 Å². The number of sulfonamides is 1. The fourth-order valence-electron chi connectivity index (χ4n) is 2.90. The molecule has 0 radical (unpaired) electrons. The number of carbonyl (C=O) groups is 1. The topological polar surface area (TPSA) is 96.6 Å². The summed E-state index contributed by atoms with van der Waals surface area (Å²) in [4.78, 5) is 17.7. The molecular weight excluding hydrogens is 340 g/mol. The molecule has 1 amide bonds. The van der Waals surface area contributed by atoms with E-state index in [4.69, 9.17) is 5.73 Å². The molecule has 25 heavy (non-hydrogen) atoms. The summed E-state index contributed by atoms with van der Waals surface area (Å²) in [7, 11) is -3.37. The lowest BCUT2D eigenvalue weighted by molar-refractivity contribution is 0.1000. The van der Waals surface area contributed by atoms with Gasteiger partial charge in [0.25, 0.3) is 5.91 Å². The summed E-state index contributed by atoms with van der Waals surface area (Å²) in [6, 6.07) is 12.4. The van der Waals surface area contributed by atoms with Crippen molar-refractivity contribution >= 4 is 21.7 Å². The average molecular weight is 360 g/mol. The molecule has 132 valence electrons. The summed E-state index contributed by atoms with van der Waals surface area (Å²) in [5, 5.41) is 0. The predicted molar refractivity (Wildman–Crippen MR) is 95.6 cm³/mol. The van der Waals surface area contributed by atoms with Gasteiger partial charge in [-0.25, -0.2) is 13.4 Å². The second-order valence-corrected chi connectivity index (χ2v) is 7.84. The van der Waals surface area contributed by atoms with E-state index in [1.54, 1.807) is 30.5 Å². The fourth-order valence-corrected chi connectivity index (χ4v) is 4.41. The van der Waals surface area contributed by atoms with Crippen LogP contribution in [-0.2, 0) is 15.8 Å². The molecule has 2 N–H and O–H groups in total. The predicted octanol–water partition coefficient (Wildman–Crippen LogP) is 0.833. The van der Waals surface area contributed by atoms with Crippen LogP contribution in [0.4, 0.5) is 5.82 Å². The van der Waals surface area contributed by atoms with E-state index >= 15 is 0 Å². The average Bonchev–Trinajstić information content (AvgIpc) is 2.62. The van der Waals surface area contributed by atoms with Gasteiger partial charge in [-0.3, -0.25) is 4.79 Å². The van der Waals surface area contributed by atoms with Gasteiger partial charge in [-0.15, -0.1) is 0 Å². The molecule has 1 fully saturated rings. The second kappa shape index (κ2) is 7.20. The van der Waals surface area contributed by atoms with E-state index in [2.05, 4.69) is 4.98 Å². The first-order chi connectivity index (χ1) is 12.0. The van der Waals surface area contributed by atoms with Crippen molar-refractivity contribution in [2.24, 2.45) is 5.73 Å². The smallest absolute Gasteiger partial charge is 0.252 e. The highest BCUT2D eigenvalue weighted by molar-refractivity contribution is 7.88. The Balaban J connectivity index is 1.69. The molecule has 0 unspecified atom stereocenters. The molecule has 1 aromatic carbocycles. The number of piperazine rings is 1. The van der Waals surface area contributed by atoms with Gasteiger partial charge in [0.05, 0.1) is 11.3 Å². The van der Waals surface area contributed by atoms with Gasteiger partial charge in [-0.2, -0.15) is 4.31 Å². The lowest BCUT2D eigenvalue weighted by atomic mass is 10.2. The molecule has 0 aliphatic carbocycles. The number of nitrogens with zero attached hydrogens (tertiary/aromatic N) is 3. The van der Waals surface area contributed by atoms with Crippen LogP contribution in [0, 0.1) is 0 Å². The van der Waals surface area contributed by atoms with E-state index in [9.17, 15) is 13.2 Å². The number of benzene rings is 1. The van der Waals surface area contributed by atoms with Crippen LogP contribution in [0.5, 0.6) is 0 Å². The summed E-state index contributed by atoms with van der Waals surface area (Å²) in [6.07, 6.45) is 1.60. The first-order valence-corrected chi connectivity index (χ1v) is 9.60. The van der Waals surface area contributed by atoms with Crippen molar-refractivity contribution in [3.8, 4) is 0 Å². The van der Waals surface area contributed by atoms with Gasteiger partial charge in [0.1, 0.15) is 5.82 Å².